The van der Waals surface area contributed by atoms with Gasteiger partial charge in [0.05, 0.1) is 5.71 Å². The molecule has 0 unspecified atom stereocenters. The lowest BCUT2D eigenvalue weighted by atomic mass is 9.94. The van der Waals surface area contributed by atoms with Gasteiger partial charge in [0.25, 0.3) is 0 Å². The Balaban J connectivity index is 1.15. The molecule has 7 aromatic carbocycles. The first-order chi connectivity index (χ1) is 23.7. The molecule has 0 saturated carbocycles. The number of benzene rings is 7. The fourth-order valence-corrected chi connectivity index (χ4v) is 7.46. The van der Waals surface area contributed by atoms with Gasteiger partial charge in [0.2, 0.25) is 0 Å². The van der Waals surface area contributed by atoms with Crippen LogP contribution in [0.25, 0.3) is 44.5 Å². The molecule has 2 aliphatic carbocycles. The van der Waals surface area contributed by atoms with Crippen molar-refractivity contribution in [3.05, 3.63) is 203 Å². The zero-order chi connectivity index (χ0) is 32.0. The number of amidine groups is 1. The maximum atomic E-state index is 9.38. The summed E-state index contributed by atoms with van der Waals surface area (Å²) in [4.78, 5) is 5.15. The predicted octanol–water partition coefficient (Wildman–Crippen LogP) is 11.0. The van der Waals surface area contributed by atoms with Crippen molar-refractivity contribution in [1.29, 1.82) is 5.41 Å². The number of hydrogen-bond acceptors (Lipinski definition) is 1. The summed E-state index contributed by atoms with van der Waals surface area (Å²) in [7, 11) is 0. The topological polar surface area (TPSA) is 36.2 Å². The highest BCUT2D eigenvalue weighted by Gasteiger charge is 2.23. The molecule has 0 aromatic heterocycles. The summed E-state index contributed by atoms with van der Waals surface area (Å²) in [5.74, 6) is 0.256. The summed E-state index contributed by atoms with van der Waals surface area (Å²) in [5, 5.41) is 9.38. The first-order valence-electron chi connectivity index (χ1n) is 16.6. The third-order valence-electron chi connectivity index (χ3n) is 9.84. The van der Waals surface area contributed by atoms with Crippen molar-refractivity contribution < 1.29 is 0 Å². The minimum atomic E-state index is 0.256. The van der Waals surface area contributed by atoms with Gasteiger partial charge in [-0.05, 0) is 97.8 Å². The number of nitrogens with zero attached hydrogens (tertiary/aromatic N) is 1. The van der Waals surface area contributed by atoms with Crippen LogP contribution in [-0.2, 0) is 12.8 Å². The molecule has 0 heterocycles. The highest BCUT2D eigenvalue weighted by molar-refractivity contribution is 6.20. The van der Waals surface area contributed by atoms with Gasteiger partial charge >= 0.3 is 0 Å². The number of nitrogens with one attached hydrogen (secondary N) is 1. The molecule has 0 saturated heterocycles. The minimum absolute atomic E-state index is 0.256. The van der Waals surface area contributed by atoms with E-state index in [0.29, 0.717) is 0 Å². The van der Waals surface area contributed by atoms with Crippen molar-refractivity contribution in [2.75, 3.05) is 0 Å². The highest BCUT2D eigenvalue weighted by Crippen LogP contribution is 2.42. The average Bonchev–Trinajstić information content (AvgIpc) is 3.72. The molecule has 0 amide bonds. The van der Waals surface area contributed by atoms with Crippen molar-refractivity contribution in [2.45, 2.75) is 12.8 Å². The summed E-state index contributed by atoms with van der Waals surface area (Å²) >= 11 is 0. The van der Waals surface area contributed by atoms with Gasteiger partial charge in [-0.25, -0.2) is 4.99 Å². The SMILES string of the molecule is N=C(N=C(c1cccc(-c2ccccc2)c1)c1ccc2c(c1)-c1ccccc1C2)c1ccc2c(c1)-c1cccc(-c3ccccc3)c1C2. The summed E-state index contributed by atoms with van der Waals surface area (Å²) in [6, 6.07) is 58.0. The Bertz CT molecular complexity index is 2400. The van der Waals surface area contributed by atoms with E-state index in [9.17, 15) is 5.41 Å². The van der Waals surface area contributed by atoms with Crippen LogP contribution in [0.2, 0.25) is 0 Å². The lowest BCUT2D eigenvalue weighted by Gasteiger charge is -2.13. The van der Waals surface area contributed by atoms with Gasteiger partial charge in [-0.1, -0.05) is 146 Å². The third kappa shape index (κ3) is 4.90. The van der Waals surface area contributed by atoms with Crippen molar-refractivity contribution in [1.82, 2.24) is 0 Å². The molecule has 226 valence electrons. The van der Waals surface area contributed by atoms with Crippen LogP contribution >= 0.6 is 0 Å². The molecule has 0 spiro atoms. The van der Waals surface area contributed by atoms with E-state index in [0.717, 1.165) is 46.4 Å². The molecular weight excluding hydrogens is 581 g/mol. The van der Waals surface area contributed by atoms with Gasteiger partial charge < -0.3 is 0 Å². The van der Waals surface area contributed by atoms with Crippen LogP contribution in [0.3, 0.4) is 0 Å². The lowest BCUT2D eigenvalue weighted by Crippen LogP contribution is -2.09. The monoisotopic (exact) mass is 612 g/mol. The van der Waals surface area contributed by atoms with E-state index in [-0.39, 0.29) is 5.84 Å². The van der Waals surface area contributed by atoms with E-state index in [1.165, 1.54) is 55.6 Å². The molecule has 0 fully saturated rings. The molecule has 0 bridgehead atoms. The minimum Gasteiger partial charge on any atom is -0.282 e. The Morgan fingerprint density at radius 3 is 1.79 bits per heavy atom. The van der Waals surface area contributed by atoms with E-state index in [2.05, 4.69) is 158 Å². The van der Waals surface area contributed by atoms with Gasteiger partial charge in [-0.2, -0.15) is 0 Å². The molecule has 2 aliphatic rings. The molecule has 0 aliphatic heterocycles. The zero-order valence-electron chi connectivity index (χ0n) is 26.4. The normalized spacial score (nSPS) is 12.6. The quantitative estimate of drug-likeness (QED) is 0.148. The second-order valence-corrected chi connectivity index (χ2v) is 12.7. The molecule has 7 aromatic rings. The van der Waals surface area contributed by atoms with Gasteiger partial charge in [0, 0.05) is 16.7 Å². The van der Waals surface area contributed by atoms with Crippen LogP contribution < -0.4 is 0 Å². The second kappa shape index (κ2) is 11.6. The molecule has 0 atom stereocenters. The molecule has 0 radical (unpaired) electrons. The summed E-state index contributed by atoms with van der Waals surface area (Å²) in [6.45, 7) is 0. The summed E-state index contributed by atoms with van der Waals surface area (Å²) < 4.78 is 0. The van der Waals surface area contributed by atoms with Crippen LogP contribution in [-0.4, -0.2) is 11.5 Å². The van der Waals surface area contributed by atoms with E-state index < -0.39 is 0 Å². The highest BCUT2D eigenvalue weighted by atomic mass is 14.8. The molecule has 2 nitrogen and oxygen atoms in total. The van der Waals surface area contributed by atoms with Gasteiger partial charge in [0.1, 0.15) is 0 Å². The van der Waals surface area contributed by atoms with Gasteiger partial charge in [-0.3, -0.25) is 5.41 Å². The van der Waals surface area contributed by atoms with Crippen LogP contribution in [0, 0.1) is 5.41 Å². The molecular formula is C46H32N2. The van der Waals surface area contributed by atoms with E-state index in [1.54, 1.807) is 0 Å². The van der Waals surface area contributed by atoms with Crippen LogP contribution in [0.1, 0.15) is 38.9 Å². The van der Waals surface area contributed by atoms with E-state index >= 15 is 0 Å². The first kappa shape index (κ1) is 28.1. The van der Waals surface area contributed by atoms with Gasteiger partial charge in [0.15, 0.2) is 5.84 Å². The molecule has 9 rings (SSSR count). The Morgan fingerprint density at radius 1 is 0.396 bits per heavy atom. The lowest BCUT2D eigenvalue weighted by molar-refractivity contribution is 1.26. The Kier molecular flexibility index (Phi) is 6.80. The Hall–Kier alpha value is -6.12. The second-order valence-electron chi connectivity index (χ2n) is 12.7. The Morgan fingerprint density at radius 2 is 0.958 bits per heavy atom. The van der Waals surface area contributed by atoms with Crippen molar-refractivity contribution >= 4 is 11.5 Å². The summed E-state index contributed by atoms with van der Waals surface area (Å²) in [5.41, 5.74) is 18.7. The standard InChI is InChI=1S/C46H32N2/c47-46(38-24-22-35-27-44-39(31-13-5-2-6-14-31)19-10-20-41(44)43(35)29-38)48-45(36-17-9-16-32(25-36)30-11-3-1-4-12-30)37-23-21-34-26-33-15-7-8-18-40(33)42(34)28-37/h1-25,28-29,47H,26-27H2. The van der Waals surface area contributed by atoms with Crippen LogP contribution in [0.5, 0.6) is 0 Å². The number of aliphatic imine (C=N–C) groups is 1. The van der Waals surface area contributed by atoms with Gasteiger partial charge in [-0.15, -0.1) is 0 Å². The number of hydrogen-bond donors (Lipinski definition) is 1. The smallest absolute Gasteiger partial charge is 0.152 e. The van der Waals surface area contributed by atoms with Crippen molar-refractivity contribution in [3.63, 3.8) is 0 Å². The molecule has 1 N–H and O–H groups in total. The zero-order valence-corrected chi connectivity index (χ0v) is 26.4. The fraction of sp³-hybridized carbons (Fsp3) is 0.0435. The Labute approximate surface area is 281 Å². The largest absolute Gasteiger partial charge is 0.282 e. The average molecular weight is 613 g/mol. The van der Waals surface area contributed by atoms with Crippen molar-refractivity contribution in [3.8, 4) is 44.5 Å². The molecule has 2 heteroatoms. The number of fused-ring (bicyclic) bond motifs is 6. The van der Waals surface area contributed by atoms with Crippen molar-refractivity contribution in [2.24, 2.45) is 4.99 Å². The number of rotatable bonds is 5. The van der Waals surface area contributed by atoms with Crippen LogP contribution in [0.4, 0.5) is 0 Å². The maximum absolute atomic E-state index is 9.38. The fourth-order valence-electron chi connectivity index (χ4n) is 7.46. The molecule has 48 heavy (non-hydrogen) atoms. The predicted molar refractivity (Wildman–Crippen MR) is 199 cm³/mol. The van der Waals surface area contributed by atoms with E-state index in [4.69, 9.17) is 4.99 Å². The summed E-state index contributed by atoms with van der Waals surface area (Å²) in [6.07, 6.45) is 1.83. The van der Waals surface area contributed by atoms with Crippen LogP contribution in [0.15, 0.2) is 169 Å². The first-order valence-corrected chi connectivity index (χ1v) is 16.6. The maximum Gasteiger partial charge on any atom is 0.152 e. The third-order valence-corrected chi connectivity index (χ3v) is 9.84. The van der Waals surface area contributed by atoms with E-state index in [1.807, 2.05) is 6.07 Å².